The third-order valence-corrected chi connectivity index (χ3v) is 2.80. The summed E-state index contributed by atoms with van der Waals surface area (Å²) in [5.74, 6) is -0.778. The molecule has 0 aliphatic carbocycles. The highest BCUT2D eigenvalue weighted by Crippen LogP contribution is 2.34. The zero-order valence-corrected chi connectivity index (χ0v) is 10.7. The molecule has 0 aliphatic heterocycles. The number of carbonyl (C=O) groups is 1. The lowest BCUT2D eigenvalue weighted by Gasteiger charge is -2.14. The lowest BCUT2D eigenvalue weighted by Crippen LogP contribution is -2.20. The van der Waals surface area contributed by atoms with Crippen LogP contribution in [0, 0.1) is 0 Å². The first-order chi connectivity index (χ1) is 8.25. The molecule has 0 saturated heterocycles. The van der Waals surface area contributed by atoms with Crippen molar-refractivity contribution < 1.29 is 22.7 Å². The van der Waals surface area contributed by atoms with Gasteiger partial charge < -0.3 is 4.74 Å². The van der Waals surface area contributed by atoms with E-state index in [4.69, 9.17) is 23.2 Å². The number of rotatable bonds is 3. The Labute approximate surface area is 112 Å². The summed E-state index contributed by atoms with van der Waals surface area (Å²) in [5.41, 5.74) is -0.998. The molecule has 0 aliphatic rings. The van der Waals surface area contributed by atoms with E-state index in [0.29, 0.717) is 0 Å². The zero-order chi connectivity index (χ0) is 13.9. The summed E-state index contributed by atoms with van der Waals surface area (Å²) in [6.07, 6.45) is -4.83. The van der Waals surface area contributed by atoms with Crippen molar-refractivity contribution in [2.24, 2.45) is 0 Å². The third-order valence-electron chi connectivity index (χ3n) is 2.23. The van der Waals surface area contributed by atoms with Gasteiger partial charge in [0.15, 0.2) is 0 Å². The molecule has 1 rings (SSSR count). The van der Waals surface area contributed by atoms with E-state index in [9.17, 15) is 18.0 Å². The fourth-order valence-corrected chi connectivity index (χ4v) is 1.82. The molecule has 0 heterocycles. The minimum atomic E-state index is -4.55. The van der Waals surface area contributed by atoms with Gasteiger partial charge in [0.05, 0.1) is 12.7 Å². The Bertz CT molecular complexity index is 446. The molecule has 0 N–H and O–H groups in total. The number of hydrogen-bond donors (Lipinski definition) is 0. The van der Waals surface area contributed by atoms with Gasteiger partial charge in [-0.1, -0.05) is 17.7 Å². The van der Waals surface area contributed by atoms with Gasteiger partial charge in [0.2, 0.25) is 0 Å². The maximum atomic E-state index is 12.7. The van der Waals surface area contributed by atoms with Gasteiger partial charge in [-0.3, -0.25) is 4.79 Å². The number of hydrogen-bond acceptors (Lipinski definition) is 2. The standard InChI is InChI=1S/C11H9Cl2F3O2/c1-18-10(17)9(13)4-6-2-3-7(12)5-8(6)11(14,15)16/h2-3,5,9H,4H2,1H3. The van der Waals surface area contributed by atoms with Gasteiger partial charge in [-0.25, -0.2) is 0 Å². The van der Waals surface area contributed by atoms with E-state index in [2.05, 4.69) is 4.74 Å². The first kappa shape index (κ1) is 15.1. The second kappa shape index (κ2) is 5.80. The average molecular weight is 301 g/mol. The smallest absolute Gasteiger partial charge is 0.416 e. The van der Waals surface area contributed by atoms with Crippen LogP contribution in [0.5, 0.6) is 0 Å². The quantitative estimate of drug-likeness (QED) is 0.629. The minimum absolute atomic E-state index is 0.0322. The van der Waals surface area contributed by atoms with Crippen LogP contribution in [0.2, 0.25) is 5.02 Å². The van der Waals surface area contributed by atoms with Gasteiger partial charge in [-0.05, 0) is 17.7 Å². The van der Waals surface area contributed by atoms with Crippen molar-refractivity contribution in [2.75, 3.05) is 7.11 Å². The van der Waals surface area contributed by atoms with E-state index < -0.39 is 23.1 Å². The van der Waals surface area contributed by atoms with Crippen LogP contribution >= 0.6 is 23.2 Å². The van der Waals surface area contributed by atoms with E-state index in [0.717, 1.165) is 13.2 Å². The molecule has 2 nitrogen and oxygen atoms in total. The van der Waals surface area contributed by atoms with E-state index in [1.807, 2.05) is 0 Å². The van der Waals surface area contributed by atoms with E-state index in [-0.39, 0.29) is 17.0 Å². The summed E-state index contributed by atoms with van der Waals surface area (Å²) in [4.78, 5) is 11.1. The number of halogens is 5. The SMILES string of the molecule is COC(=O)C(Cl)Cc1ccc(Cl)cc1C(F)(F)F. The Morgan fingerprint density at radius 2 is 2.06 bits per heavy atom. The highest BCUT2D eigenvalue weighted by Gasteiger charge is 2.34. The van der Waals surface area contributed by atoms with Crippen LogP contribution in [0.25, 0.3) is 0 Å². The number of alkyl halides is 4. The number of ether oxygens (including phenoxy) is 1. The summed E-state index contributed by atoms with van der Waals surface area (Å²) >= 11 is 11.2. The minimum Gasteiger partial charge on any atom is -0.468 e. The fraction of sp³-hybridized carbons (Fsp3) is 0.364. The van der Waals surface area contributed by atoms with Crippen LogP contribution in [-0.2, 0) is 22.1 Å². The van der Waals surface area contributed by atoms with Gasteiger partial charge in [-0.15, -0.1) is 11.6 Å². The van der Waals surface area contributed by atoms with Crippen LogP contribution in [0.4, 0.5) is 13.2 Å². The van der Waals surface area contributed by atoms with Crippen LogP contribution in [-0.4, -0.2) is 18.5 Å². The van der Waals surface area contributed by atoms with Crippen molar-refractivity contribution in [2.45, 2.75) is 18.0 Å². The topological polar surface area (TPSA) is 26.3 Å². The molecule has 1 atom stereocenters. The molecule has 1 unspecified atom stereocenters. The highest BCUT2D eigenvalue weighted by atomic mass is 35.5. The molecule has 0 amide bonds. The number of carbonyl (C=O) groups excluding carboxylic acids is 1. The number of benzene rings is 1. The molecule has 0 radical (unpaired) electrons. The second-order valence-corrected chi connectivity index (χ2v) is 4.46. The molecular formula is C11H9Cl2F3O2. The number of esters is 1. The molecule has 0 saturated carbocycles. The molecule has 1 aromatic carbocycles. The van der Waals surface area contributed by atoms with Gasteiger partial charge in [0.25, 0.3) is 0 Å². The Balaban J connectivity index is 3.06. The molecule has 0 aromatic heterocycles. The largest absolute Gasteiger partial charge is 0.468 e. The van der Waals surface area contributed by atoms with Crippen LogP contribution < -0.4 is 0 Å². The lowest BCUT2D eigenvalue weighted by atomic mass is 10.0. The average Bonchev–Trinajstić information content (AvgIpc) is 2.28. The van der Waals surface area contributed by atoms with Gasteiger partial charge >= 0.3 is 12.1 Å². The van der Waals surface area contributed by atoms with Crippen molar-refractivity contribution in [3.8, 4) is 0 Å². The Hall–Kier alpha value is -0.940. The Kier molecular flexibility index (Phi) is 4.87. The van der Waals surface area contributed by atoms with Crippen molar-refractivity contribution in [1.29, 1.82) is 0 Å². The Morgan fingerprint density at radius 3 is 2.56 bits per heavy atom. The maximum absolute atomic E-state index is 12.7. The fourth-order valence-electron chi connectivity index (χ4n) is 1.39. The first-order valence-electron chi connectivity index (χ1n) is 4.83. The van der Waals surface area contributed by atoms with Gasteiger partial charge in [0.1, 0.15) is 5.38 Å². The van der Waals surface area contributed by atoms with Crippen LogP contribution in [0.1, 0.15) is 11.1 Å². The molecular weight excluding hydrogens is 292 g/mol. The molecule has 0 bridgehead atoms. The van der Waals surface area contributed by atoms with Gasteiger partial charge in [0, 0.05) is 11.4 Å². The van der Waals surface area contributed by atoms with Crippen LogP contribution in [0.3, 0.4) is 0 Å². The summed E-state index contributed by atoms with van der Waals surface area (Å²) in [7, 11) is 1.12. The molecule has 0 fully saturated rings. The summed E-state index contributed by atoms with van der Waals surface area (Å²) in [6.45, 7) is 0. The van der Waals surface area contributed by atoms with Crippen molar-refractivity contribution in [3.63, 3.8) is 0 Å². The summed E-state index contributed by atoms with van der Waals surface area (Å²) in [6, 6.07) is 3.31. The van der Waals surface area contributed by atoms with Crippen molar-refractivity contribution in [3.05, 3.63) is 34.3 Å². The normalized spacial score (nSPS) is 13.2. The zero-order valence-electron chi connectivity index (χ0n) is 9.22. The van der Waals surface area contributed by atoms with E-state index >= 15 is 0 Å². The monoisotopic (exact) mass is 300 g/mol. The predicted molar refractivity (Wildman–Crippen MR) is 61.8 cm³/mol. The summed E-state index contributed by atoms with van der Waals surface area (Å²) < 4.78 is 42.6. The van der Waals surface area contributed by atoms with Crippen molar-refractivity contribution in [1.82, 2.24) is 0 Å². The third kappa shape index (κ3) is 3.78. The second-order valence-electron chi connectivity index (χ2n) is 3.49. The van der Waals surface area contributed by atoms with Crippen LogP contribution in [0.15, 0.2) is 18.2 Å². The summed E-state index contributed by atoms with van der Waals surface area (Å²) in [5, 5.41) is -1.20. The molecule has 18 heavy (non-hydrogen) atoms. The van der Waals surface area contributed by atoms with Crippen molar-refractivity contribution >= 4 is 29.2 Å². The Morgan fingerprint density at radius 1 is 1.44 bits per heavy atom. The number of methoxy groups -OCH3 is 1. The lowest BCUT2D eigenvalue weighted by molar-refractivity contribution is -0.141. The first-order valence-corrected chi connectivity index (χ1v) is 5.64. The molecule has 0 spiro atoms. The molecule has 100 valence electrons. The molecule has 1 aromatic rings. The predicted octanol–water partition coefficient (Wildman–Crippen LogP) is 3.68. The van der Waals surface area contributed by atoms with E-state index in [1.165, 1.54) is 12.1 Å². The van der Waals surface area contributed by atoms with Gasteiger partial charge in [-0.2, -0.15) is 13.2 Å². The molecule has 7 heteroatoms. The van der Waals surface area contributed by atoms with E-state index in [1.54, 1.807) is 0 Å². The maximum Gasteiger partial charge on any atom is 0.416 e. The highest BCUT2D eigenvalue weighted by molar-refractivity contribution is 6.31.